The van der Waals surface area contributed by atoms with E-state index in [9.17, 15) is 14.4 Å². The summed E-state index contributed by atoms with van der Waals surface area (Å²) in [6.07, 6.45) is 3.95. The van der Waals surface area contributed by atoms with Gasteiger partial charge in [-0.1, -0.05) is 48.6 Å². The first-order valence-corrected chi connectivity index (χ1v) is 13.8. The third kappa shape index (κ3) is 3.56. The van der Waals surface area contributed by atoms with E-state index in [-0.39, 0.29) is 17.5 Å². The average Bonchev–Trinajstić information content (AvgIpc) is 3.52. The smallest absolute Gasteiger partial charge is 0.238 e. The molecule has 0 aromatic heterocycles. The quantitative estimate of drug-likeness (QED) is 0.313. The van der Waals surface area contributed by atoms with Gasteiger partial charge in [0.1, 0.15) is 23.0 Å². The van der Waals surface area contributed by atoms with Crippen molar-refractivity contribution in [3.63, 3.8) is 0 Å². The minimum absolute atomic E-state index is 0.214. The molecule has 1 N–H and O–H groups in total. The molecule has 3 heterocycles. The number of para-hydroxylation sites is 2. The van der Waals surface area contributed by atoms with Gasteiger partial charge in [0.25, 0.3) is 0 Å². The van der Waals surface area contributed by atoms with Crippen LogP contribution in [0.2, 0.25) is 0 Å². The van der Waals surface area contributed by atoms with Crippen LogP contribution in [0.15, 0.2) is 103 Å². The fourth-order valence-electron chi connectivity index (χ4n) is 6.99. The summed E-state index contributed by atoms with van der Waals surface area (Å²) < 4.78 is 10.7. The molecule has 0 radical (unpaired) electrons. The third-order valence-electron chi connectivity index (χ3n) is 8.83. The second kappa shape index (κ2) is 9.73. The summed E-state index contributed by atoms with van der Waals surface area (Å²) in [5, 5.41) is 3.04. The number of carbonyl (C=O) groups excluding carboxylic acids is 3. The highest BCUT2D eigenvalue weighted by molar-refractivity contribution is 6.20. The number of fused-ring (bicyclic) bond motifs is 5. The van der Waals surface area contributed by atoms with Crippen LogP contribution in [0.25, 0.3) is 6.08 Å². The van der Waals surface area contributed by atoms with Crippen molar-refractivity contribution < 1.29 is 23.9 Å². The van der Waals surface area contributed by atoms with Crippen molar-refractivity contribution in [3.05, 3.63) is 125 Å². The molecule has 7 rings (SSSR count). The topological polar surface area (TPSA) is 84.9 Å². The summed E-state index contributed by atoms with van der Waals surface area (Å²) in [6.45, 7) is 0. The van der Waals surface area contributed by atoms with Gasteiger partial charge in [0.05, 0.1) is 26.2 Å². The molecule has 1 saturated heterocycles. The van der Waals surface area contributed by atoms with Gasteiger partial charge in [-0.3, -0.25) is 14.4 Å². The Morgan fingerprint density at radius 2 is 1.36 bits per heavy atom. The number of rotatable bonds is 6. The minimum Gasteiger partial charge on any atom is -0.497 e. The number of amides is 1. The molecule has 1 fully saturated rings. The van der Waals surface area contributed by atoms with Gasteiger partial charge in [-0.25, -0.2) is 0 Å². The summed E-state index contributed by atoms with van der Waals surface area (Å²) >= 11 is 0. The van der Waals surface area contributed by atoms with Crippen LogP contribution in [0.3, 0.4) is 0 Å². The Labute approximate surface area is 243 Å². The monoisotopic (exact) mass is 556 g/mol. The molecule has 4 atom stereocenters. The summed E-state index contributed by atoms with van der Waals surface area (Å²) in [4.78, 5) is 46.0. The summed E-state index contributed by atoms with van der Waals surface area (Å²) in [7, 11) is 3.14. The highest BCUT2D eigenvalue weighted by Crippen LogP contribution is 2.58. The highest BCUT2D eigenvalue weighted by atomic mass is 16.5. The van der Waals surface area contributed by atoms with Crippen LogP contribution >= 0.6 is 0 Å². The predicted molar refractivity (Wildman–Crippen MR) is 160 cm³/mol. The van der Waals surface area contributed by atoms with Crippen LogP contribution in [0.1, 0.15) is 31.8 Å². The standard InChI is InChI=1S/C35H28N2O5/c1-41-24-16-11-22(12-17-24)31(38)30-29-20-15-21-7-3-6-10-28(21)37(29)33(32(39)23-13-18-25(42-2)19-14-23)35(30)26-8-4-5-9-27(26)36-34(35)40/h3-20,29-30,33H,1-2H3,(H,36,40)/t29-,30-,33+,35+/m1/s1. The van der Waals surface area contributed by atoms with Gasteiger partial charge in [0.2, 0.25) is 5.91 Å². The Morgan fingerprint density at radius 1 is 0.762 bits per heavy atom. The second-order valence-electron chi connectivity index (χ2n) is 10.8. The Bertz CT molecular complexity index is 1760. The summed E-state index contributed by atoms with van der Waals surface area (Å²) in [5.74, 6) is -0.474. The zero-order chi connectivity index (χ0) is 29.0. The van der Waals surface area contributed by atoms with Crippen LogP contribution < -0.4 is 19.7 Å². The maximum atomic E-state index is 14.8. The number of nitrogens with zero attached hydrogens (tertiary/aromatic N) is 1. The molecule has 0 saturated carbocycles. The van der Waals surface area contributed by atoms with Crippen LogP contribution in [0.4, 0.5) is 11.4 Å². The largest absolute Gasteiger partial charge is 0.497 e. The number of carbonyl (C=O) groups is 3. The zero-order valence-corrected chi connectivity index (χ0v) is 23.1. The van der Waals surface area contributed by atoms with E-state index >= 15 is 0 Å². The number of Topliss-reactive ketones (excluding diaryl/α,β-unsaturated/α-hetero) is 2. The van der Waals surface area contributed by atoms with Crippen molar-refractivity contribution in [2.75, 3.05) is 24.4 Å². The molecule has 4 aromatic rings. The maximum Gasteiger partial charge on any atom is 0.238 e. The van der Waals surface area contributed by atoms with Gasteiger partial charge in [-0.2, -0.15) is 0 Å². The summed E-state index contributed by atoms with van der Waals surface area (Å²) in [6, 6.07) is 27.4. The van der Waals surface area contributed by atoms with Crippen LogP contribution in [0, 0.1) is 5.92 Å². The molecule has 7 nitrogen and oxygen atoms in total. The molecular formula is C35H28N2O5. The second-order valence-corrected chi connectivity index (χ2v) is 10.8. The average molecular weight is 557 g/mol. The lowest BCUT2D eigenvalue weighted by Gasteiger charge is -2.37. The van der Waals surface area contributed by atoms with Crippen molar-refractivity contribution >= 4 is 34.9 Å². The first-order valence-electron chi connectivity index (χ1n) is 13.8. The third-order valence-corrected chi connectivity index (χ3v) is 8.83. The molecule has 1 amide bonds. The van der Waals surface area contributed by atoms with Crippen LogP contribution in [-0.2, 0) is 10.2 Å². The Balaban J connectivity index is 1.50. The van der Waals surface area contributed by atoms with Crippen molar-refractivity contribution in [2.45, 2.75) is 17.5 Å². The number of methoxy groups -OCH3 is 2. The molecule has 0 bridgehead atoms. The molecule has 4 aromatic carbocycles. The van der Waals surface area contributed by atoms with Crippen molar-refractivity contribution in [1.29, 1.82) is 0 Å². The minimum atomic E-state index is -1.50. The van der Waals surface area contributed by atoms with Crippen molar-refractivity contribution in [3.8, 4) is 11.5 Å². The normalized spacial score (nSPS) is 23.1. The summed E-state index contributed by atoms with van der Waals surface area (Å²) in [5.41, 5.74) is 2.35. The van der Waals surface area contributed by atoms with Gasteiger partial charge < -0.3 is 19.7 Å². The lowest BCUT2D eigenvalue weighted by atomic mass is 9.63. The van der Waals surface area contributed by atoms with Gasteiger partial charge >= 0.3 is 0 Å². The number of ether oxygens (including phenoxy) is 2. The van der Waals surface area contributed by atoms with E-state index in [2.05, 4.69) is 5.32 Å². The van der Waals surface area contributed by atoms with Crippen LogP contribution in [-0.4, -0.2) is 43.8 Å². The first kappa shape index (κ1) is 25.8. The number of benzene rings is 4. The molecule has 42 heavy (non-hydrogen) atoms. The number of hydrogen-bond donors (Lipinski definition) is 1. The van der Waals surface area contributed by atoms with Gasteiger partial charge in [-0.15, -0.1) is 0 Å². The number of anilines is 2. The molecule has 0 unspecified atom stereocenters. The fraction of sp³-hybridized carbons (Fsp3) is 0.171. The molecule has 7 heteroatoms. The Morgan fingerprint density at radius 3 is 2.02 bits per heavy atom. The number of ketones is 2. The Kier molecular flexibility index (Phi) is 5.97. The Hall–Kier alpha value is -5.17. The molecule has 3 aliphatic heterocycles. The van der Waals surface area contributed by atoms with Crippen molar-refractivity contribution in [1.82, 2.24) is 0 Å². The highest BCUT2D eigenvalue weighted by Gasteiger charge is 2.70. The van der Waals surface area contributed by atoms with Crippen LogP contribution in [0.5, 0.6) is 11.5 Å². The van der Waals surface area contributed by atoms with E-state index in [1.807, 2.05) is 65.6 Å². The predicted octanol–water partition coefficient (Wildman–Crippen LogP) is 5.56. The lowest BCUT2D eigenvalue weighted by Crippen LogP contribution is -2.55. The first-order chi connectivity index (χ1) is 20.5. The van der Waals surface area contributed by atoms with Gasteiger partial charge in [-0.05, 0) is 71.8 Å². The van der Waals surface area contributed by atoms with Gasteiger partial charge in [0.15, 0.2) is 11.6 Å². The number of nitrogens with one attached hydrogen (secondary N) is 1. The van der Waals surface area contributed by atoms with E-state index in [0.29, 0.717) is 33.9 Å². The number of hydrogen-bond acceptors (Lipinski definition) is 6. The SMILES string of the molecule is COc1ccc(C(=O)[C@@H]2N3c4ccccc4C=C[C@@H]3[C@H](C(=O)c3ccc(OC)cc3)[C@]23C(=O)Nc2ccccc23)cc1. The molecule has 208 valence electrons. The van der Waals surface area contributed by atoms with Crippen molar-refractivity contribution in [2.24, 2.45) is 5.92 Å². The zero-order valence-electron chi connectivity index (χ0n) is 23.1. The van der Waals surface area contributed by atoms with E-state index < -0.39 is 23.4 Å². The molecule has 1 spiro atoms. The fourth-order valence-corrected chi connectivity index (χ4v) is 6.99. The molecule has 3 aliphatic rings. The maximum absolute atomic E-state index is 14.8. The van der Waals surface area contributed by atoms with E-state index in [1.165, 1.54) is 0 Å². The van der Waals surface area contributed by atoms with E-state index in [1.54, 1.807) is 62.8 Å². The van der Waals surface area contributed by atoms with E-state index in [0.717, 1.165) is 11.3 Å². The van der Waals surface area contributed by atoms with E-state index in [4.69, 9.17) is 9.47 Å². The lowest BCUT2D eigenvalue weighted by molar-refractivity contribution is -0.121. The molecule has 0 aliphatic carbocycles. The molecular weight excluding hydrogens is 528 g/mol. The van der Waals surface area contributed by atoms with Gasteiger partial charge in [0, 0.05) is 22.5 Å².